The van der Waals surface area contributed by atoms with Gasteiger partial charge in [-0.05, 0) is 18.3 Å². The first kappa shape index (κ1) is 9.91. The maximum absolute atomic E-state index is 12.0. The van der Waals surface area contributed by atoms with Gasteiger partial charge in [-0.2, -0.15) is 0 Å². The van der Waals surface area contributed by atoms with E-state index < -0.39 is 0 Å². The summed E-state index contributed by atoms with van der Waals surface area (Å²) in [4.78, 5) is 12.0. The second-order valence-electron chi connectivity index (χ2n) is 3.94. The van der Waals surface area contributed by atoms with Crippen LogP contribution in [0.5, 0.6) is 0 Å². The summed E-state index contributed by atoms with van der Waals surface area (Å²) >= 11 is 0. The second kappa shape index (κ2) is 3.85. The molecule has 0 radical (unpaired) electrons. The molecular weight excluding hydrogens is 184 g/mol. The predicted octanol–water partition coefficient (Wildman–Crippen LogP) is 2.99. The zero-order valence-corrected chi connectivity index (χ0v) is 8.65. The maximum atomic E-state index is 12.0. The number of allylic oxidation sites excluding steroid dienone is 8. The Bertz CT molecular complexity index is 407. The van der Waals surface area contributed by atoms with Crippen LogP contribution >= 0.6 is 0 Å². The van der Waals surface area contributed by atoms with Gasteiger partial charge in [0.05, 0.1) is 0 Å². The Morgan fingerprint density at radius 1 is 1.40 bits per heavy atom. The van der Waals surface area contributed by atoms with E-state index in [1.807, 2.05) is 6.08 Å². The van der Waals surface area contributed by atoms with Gasteiger partial charge in [-0.25, -0.2) is 0 Å². The lowest BCUT2D eigenvalue weighted by molar-refractivity contribution is -0.111. The summed E-state index contributed by atoms with van der Waals surface area (Å²) in [6, 6.07) is 0. The van der Waals surface area contributed by atoms with Crippen molar-refractivity contribution in [3.05, 3.63) is 60.8 Å². The highest BCUT2D eigenvalue weighted by molar-refractivity contribution is 6.12. The molecule has 2 aliphatic carbocycles. The molecule has 0 aromatic rings. The topological polar surface area (TPSA) is 17.1 Å². The molecule has 1 nitrogen and oxygen atoms in total. The first-order chi connectivity index (χ1) is 7.26. The number of fused-ring (bicyclic) bond motifs is 1. The summed E-state index contributed by atoms with van der Waals surface area (Å²) in [5.41, 5.74) is 1.40. The van der Waals surface area contributed by atoms with Crippen molar-refractivity contribution in [2.45, 2.75) is 6.42 Å². The molecule has 2 unspecified atom stereocenters. The Kier molecular flexibility index (Phi) is 2.55. The molecule has 15 heavy (non-hydrogen) atoms. The zero-order chi connectivity index (χ0) is 10.8. The third-order valence-electron chi connectivity index (χ3n) is 2.85. The smallest absolute Gasteiger partial charge is 0.192 e. The van der Waals surface area contributed by atoms with Gasteiger partial charge in [-0.15, -0.1) is 0 Å². The van der Waals surface area contributed by atoms with E-state index in [0.29, 0.717) is 17.4 Å². The van der Waals surface area contributed by atoms with Crippen LogP contribution in [0.2, 0.25) is 0 Å². The molecule has 0 aliphatic heterocycles. The third kappa shape index (κ3) is 1.91. The van der Waals surface area contributed by atoms with E-state index in [2.05, 4.69) is 25.3 Å². The standard InChI is InChI=1S/C14H14O/c1-3-5-10(4-2)14(15)12-7-6-11-8-13(11)9-12/h3-7,9,11,13H,1-2,8H2/b10-5+. The molecule has 1 saturated carbocycles. The number of hydrogen-bond acceptors (Lipinski definition) is 1. The third-order valence-corrected chi connectivity index (χ3v) is 2.85. The SMILES string of the molecule is C=C/C=C(\C=C)C(=O)C1=CC2CC2C=C1. The van der Waals surface area contributed by atoms with Gasteiger partial charge in [0, 0.05) is 11.1 Å². The van der Waals surface area contributed by atoms with Crippen molar-refractivity contribution in [2.24, 2.45) is 11.8 Å². The van der Waals surface area contributed by atoms with Crippen molar-refractivity contribution < 1.29 is 4.79 Å². The van der Waals surface area contributed by atoms with E-state index in [0.717, 1.165) is 5.57 Å². The van der Waals surface area contributed by atoms with E-state index in [4.69, 9.17) is 0 Å². The molecule has 0 bridgehead atoms. The Balaban J connectivity index is 2.20. The van der Waals surface area contributed by atoms with Crippen LogP contribution in [0.25, 0.3) is 0 Å². The van der Waals surface area contributed by atoms with Crippen LogP contribution in [0.15, 0.2) is 60.8 Å². The van der Waals surface area contributed by atoms with Crippen LogP contribution in [0.3, 0.4) is 0 Å². The van der Waals surface area contributed by atoms with Gasteiger partial charge in [-0.3, -0.25) is 4.79 Å². The molecule has 0 heterocycles. The number of carbonyl (C=O) groups is 1. The van der Waals surface area contributed by atoms with E-state index in [1.54, 1.807) is 18.2 Å². The molecule has 1 heteroatoms. The number of rotatable bonds is 4. The first-order valence-corrected chi connectivity index (χ1v) is 5.16. The number of ketones is 1. The molecule has 0 N–H and O–H groups in total. The van der Waals surface area contributed by atoms with Gasteiger partial charge in [0.2, 0.25) is 0 Å². The van der Waals surface area contributed by atoms with Gasteiger partial charge >= 0.3 is 0 Å². The molecule has 0 amide bonds. The van der Waals surface area contributed by atoms with Crippen molar-refractivity contribution in [1.29, 1.82) is 0 Å². The number of carbonyl (C=O) groups excluding carboxylic acids is 1. The highest BCUT2D eigenvalue weighted by Gasteiger charge is 2.35. The van der Waals surface area contributed by atoms with Gasteiger partial charge in [-0.1, -0.05) is 49.6 Å². The first-order valence-electron chi connectivity index (χ1n) is 5.16. The van der Waals surface area contributed by atoms with E-state index in [9.17, 15) is 4.79 Å². The van der Waals surface area contributed by atoms with Crippen molar-refractivity contribution in [1.82, 2.24) is 0 Å². The van der Waals surface area contributed by atoms with Crippen LogP contribution < -0.4 is 0 Å². The van der Waals surface area contributed by atoms with E-state index in [1.165, 1.54) is 6.42 Å². The Labute approximate surface area is 90.2 Å². The lowest BCUT2D eigenvalue weighted by Gasteiger charge is -2.05. The monoisotopic (exact) mass is 198 g/mol. The highest BCUT2D eigenvalue weighted by atomic mass is 16.1. The van der Waals surface area contributed by atoms with E-state index in [-0.39, 0.29) is 5.78 Å². The molecule has 0 spiro atoms. The summed E-state index contributed by atoms with van der Waals surface area (Å²) in [6.07, 6.45) is 12.2. The fourth-order valence-corrected chi connectivity index (χ4v) is 1.84. The number of Topliss-reactive ketones (excluding diaryl/α,β-unsaturated/α-hetero) is 1. The molecule has 2 rings (SSSR count). The highest BCUT2D eigenvalue weighted by Crippen LogP contribution is 2.44. The average molecular weight is 198 g/mol. The minimum absolute atomic E-state index is 0.0477. The lowest BCUT2D eigenvalue weighted by atomic mass is 9.98. The molecule has 0 aromatic carbocycles. The van der Waals surface area contributed by atoms with Crippen molar-refractivity contribution in [3.8, 4) is 0 Å². The minimum Gasteiger partial charge on any atom is -0.289 e. The largest absolute Gasteiger partial charge is 0.289 e. The molecule has 0 aromatic heterocycles. The fraction of sp³-hybridized carbons (Fsp3) is 0.214. The van der Waals surface area contributed by atoms with Gasteiger partial charge in [0.25, 0.3) is 0 Å². The Hall–Kier alpha value is -1.63. The maximum Gasteiger partial charge on any atom is 0.192 e. The van der Waals surface area contributed by atoms with Crippen LogP contribution in [0.1, 0.15) is 6.42 Å². The molecular formula is C14H14O. The normalized spacial score (nSPS) is 27.7. The second-order valence-corrected chi connectivity index (χ2v) is 3.94. The number of hydrogen-bond donors (Lipinski definition) is 0. The average Bonchev–Trinajstić information content (AvgIpc) is 3.02. The van der Waals surface area contributed by atoms with Crippen molar-refractivity contribution in [2.75, 3.05) is 0 Å². The van der Waals surface area contributed by atoms with Gasteiger partial charge < -0.3 is 0 Å². The Morgan fingerprint density at radius 2 is 2.20 bits per heavy atom. The van der Waals surface area contributed by atoms with E-state index >= 15 is 0 Å². The zero-order valence-electron chi connectivity index (χ0n) is 8.65. The Morgan fingerprint density at radius 3 is 2.80 bits per heavy atom. The summed E-state index contributed by atoms with van der Waals surface area (Å²) in [5, 5.41) is 0. The molecule has 0 saturated heterocycles. The van der Waals surface area contributed by atoms with Crippen LogP contribution in [0, 0.1) is 11.8 Å². The quantitative estimate of drug-likeness (QED) is 0.501. The van der Waals surface area contributed by atoms with Gasteiger partial charge in [0.1, 0.15) is 0 Å². The molecule has 2 aliphatic rings. The predicted molar refractivity (Wildman–Crippen MR) is 62.3 cm³/mol. The fourth-order valence-electron chi connectivity index (χ4n) is 1.84. The van der Waals surface area contributed by atoms with Crippen molar-refractivity contribution in [3.63, 3.8) is 0 Å². The van der Waals surface area contributed by atoms with Crippen molar-refractivity contribution >= 4 is 5.78 Å². The minimum atomic E-state index is 0.0477. The van der Waals surface area contributed by atoms with Crippen LogP contribution in [-0.4, -0.2) is 5.78 Å². The summed E-state index contributed by atoms with van der Waals surface area (Å²) in [7, 11) is 0. The van der Waals surface area contributed by atoms with Crippen LogP contribution in [-0.2, 0) is 4.79 Å². The van der Waals surface area contributed by atoms with Gasteiger partial charge in [0.15, 0.2) is 5.78 Å². The molecule has 2 atom stereocenters. The summed E-state index contributed by atoms with van der Waals surface area (Å²) < 4.78 is 0. The molecule has 1 fully saturated rings. The summed E-state index contributed by atoms with van der Waals surface area (Å²) in [5.74, 6) is 1.34. The lowest BCUT2D eigenvalue weighted by Crippen LogP contribution is -2.05. The van der Waals surface area contributed by atoms with Crippen LogP contribution in [0.4, 0.5) is 0 Å². The molecule has 76 valence electrons. The summed E-state index contributed by atoms with van der Waals surface area (Å²) in [6.45, 7) is 7.22.